The van der Waals surface area contributed by atoms with E-state index in [0.717, 1.165) is 10.9 Å². The minimum atomic E-state index is 0.870. The summed E-state index contributed by atoms with van der Waals surface area (Å²) < 4.78 is 0. The Hall–Kier alpha value is -1.29. The van der Waals surface area contributed by atoms with Crippen molar-refractivity contribution in [3.05, 3.63) is 41.2 Å². The van der Waals surface area contributed by atoms with Crippen molar-refractivity contribution in [1.82, 2.24) is 15.2 Å². The van der Waals surface area contributed by atoms with Gasteiger partial charge in [0.05, 0.1) is 0 Å². The van der Waals surface area contributed by atoms with Crippen LogP contribution >= 0.6 is 11.8 Å². The van der Waals surface area contributed by atoms with Gasteiger partial charge in [0.25, 0.3) is 0 Å². The maximum Gasteiger partial charge on any atom is 0.183 e. The molecule has 1 N–H and O–H groups in total. The summed E-state index contributed by atoms with van der Waals surface area (Å²) in [6, 6.07) is 6.52. The molecule has 78 valence electrons. The fourth-order valence-corrected chi connectivity index (χ4v) is 2.27. The topological polar surface area (TPSA) is 41.6 Å². The van der Waals surface area contributed by atoms with Crippen LogP contribution < -0.4 is 0 Å². The molecule has 1 aromatic heterocycles. The quantitative estimate of drug-likeness (QED) is 0.807. The molecule has 0 spiro atoms. The van der Waals surface area contributed by atoms with E-state index in [1.165, 1.54) is 23.0 Å². The predicted octanol–water partition coefficient (Wildman–Crippen LogP) is 2.71. The molecule has 4 heteroatoms. The van der Waals surface area contributed by atoms with Crippen LogP contribution in [0.3, 0.4) is 0 Å². The average molecular weight is 219 g/mol. The number of hydrogen-bond acceptors (Lipinski definition) is 3. The van der Waals surface area contributed by atoms with Gasteiger partial charge < -0.3 is 0 Å². The smallest absolute Gasteiger partial charge is 0.183 e. The Morgan fingerprint density at radius 1 is 1.33 bits per heavy atom. The fourth-order valence-electron chi connectivity index (χ4n) is 1.42. The fraction of sp³-hybridized carbons (Fsp3) is 0.273. The number of thioether (sulfide) groups is 1. The third-order valence-corrected chi connectivity index (χ3v) is 3.18. The first-order valence-corrected chi connectivity index (χ1v) is 5.78. The highest BCUT2D eigenvalue weighted by Crippen LogP contribution is 2.21. The first-order chi connectivity index (χ1) is 7.25. The summed E-state index contributed by atoms with van der Waals surface area (Å²) >= 11 is 1.67. The number of aryl methyl sites for hydroxylation is 2. The molecule has 0 saturated carbocycles. The van der Waals surface area contributed by atoms with Crippen molar-refractivity contribution < 1.29 is 0 Å². The van der Waals surface area contributed by atoms with Crippen molar-refractivity contribution in [3.8, 4) is 0 Å². The van der Waals surface area contributed by atoms with Crippen LogP contribution in [0.15, 0.2) is 29.7 Å². The molecule has 0 saturated heterocycles. The molecule has 0 aliphatic carbocycles. The summed E-state index contributed by atoms with van der Waals surface area (Å²) in [5, 5.41) is 7.52. The van der Waals surface area contributed by atoms with Gasteiger partial charge in [-0.15, -0.1) is 0 Å². The Morgan fingerprint density at radius 3 is 2.87 bits per heavy atom. The van der Waals surface area contributed by atoms with Crippen LogP contribution in [0.25, 0.3) is 0 Å². The van der Waals surface area contributed by atoms with E-state index in [1.54, 1.807) is 11.8 Å². The Balaban J connectivity index is 2.05. The lowest BCUT2D eigenvalue weighted by Gasteiger charge is -2.04. The lowest BCUT2D eigenvalue weighted by Crippen LogP contribution is -1.88. The number of rotatable bonds is 3. The van der Waals surface area contributed by atoms with Crippen LogP contribution in [0.4, 0.5) is 0 Å². The molecule has 0 aliphatic rings. The third-order valence-electron chi connectivity index (χ3n) is 2.26. The molecule has 0 atom stereocenters. The molecule has 0 fully saturated rings. The maximum atomic E-state index is 4.07. The van der Waals surface area contributed by atoms with Gasteiger partial charge in [0, 0.05) is 5.75 Å². The molecule has 1 heterocycles. The molecule has 2 aromatic rings. The van der Waals surface area contributed by atoms with Gasteiger partial charge in [-0.25, -0.2) is 4.98 Å². The zero-order chi connectivity index (χ0) is 10.7. The lowest BCUT2D eigenvalue weighted by atomic mass is 10.1. The van der Waals surface area contributed by atoms with E-state index in [1.807, 2.05) is 0 Å². The maximum absolute atomic E-state index is 4.07. The Labute approximate surface area is 93.3 Å². The van der Waals surface area contributed by atoms with Crippen molar-refractivity contribution >= 4 is 11.8 Å². The molecule has 0 unspecified atom stereocenters. The van der Waals surface area contributed by atoms with Crippen molar-refractivity contribution in [2.24, 2.45) is 0 Å². The summed E-state index contributed by atoms with van der Waals surface area (Å²) in [5.41, 5.74) is 3.99. The second-order valence-electron chi connectivity index (χ2n) is 3.51. The van der Waals surface area contributed by atoms with E-state index in [9.17, 15) is 0 Å². The third kappa shape index (κ3) is 2.59. The van der Waals surface area contributed by atoms with E-state index in [0.29, 0.717) is 0 Å². The van der Waals surface area contributed by atoms with E-state index >= 15 is 0 Å². The highest BCUT2D eigenvalue weighted by molar-refractivity contribution is 7.98. The van der Waals surface area contributed by atoms with Crippen LogP contribution in [0.1, 0.15) is 16.7 Å². The van der Waals surface area contributed by atoms with Gasteiger partial charge in [0.15, 0.2) is 5.16 Å². The molecule has 1 aromatic carbocycles. The lowest BCUT2D eigenvalue weighted by molar-refractivity contribution is 0.972. The molecular formula is C11H13N3S. The molecule has 15 heavy (non-hydrogen) atoms. The van der Waals surface area contributed by atoms with E-state index in [4.69, 9.17) is 0 Å². The number of aromatic amines is 1. The second-order valence-corrected chi connectivity index (χ2v) is 4.47. The van der Waals surface area contributed by atoms with E-state index < -0.39 is 0 Å². The van der Waals surface area contributed by atoms with Gasteiger partial charge in [-0.3, -0.25) is 5.10 Å². The Kier molecular flexibility index (Phi) is 3.06. The molecule has 2 rings (SSSR count). The van der Waals surface area contributed by atoms with Crippen LogP contribution in [0.5, 0.6) is 0 Å². The van der Waals surface area contributed by atoms with Crippen LogP contribution in [-0.2, 0) is 5.75 Å². The Morgan fingerprint density at radius 2 is 2.20 bits per heavy atom. The monoisotopic (exact) mass is 219 g/mol. The van der Waals surface area contributed by atoms with Gasteiger partial charge in [0.1, 0.15) is 6.33 Å². The van der Waals surface area contributed by atoms with Crippen molar-refractivity contribution in [1.29, 1.82) is 0 Å². The van der Waals surface area contributed by atoms with Crippen molar-refractivity contribution in [2.45, 2.75) is 24.8 Å². The molecule has 3 nitrogen and oxygen atoms in total. The van der Waals surface area contributed by atoms with E-state index in [2.05, 4.69) is 47.2 Å². The van der Waals surface area contributed by atoms with Gasteiger partial charge in [-0.05, 0) is 25.0 Å². The minimum Gasteiger partial charge on any atom is -0.254 e. The number of nitrogens with zero attached hydrogens (tertiary/aromatic N) is 2. The van der Waals surface area contributed by atoms with Crippen molar-refractivity contribution in [2.75, 3.05) is 0 Å². The van der Waals surface area contributed by atoms with E-state index in [-0.39, 0.29) is 0 Å². The summed E-state index contributed by atoms with van der Waals surface area (Å²) in [6.07, 6.45) is 1.53. The summed E-state index contributed by atoms with van der Waals surface area (Å²) in [4.78, 5) is 4.07. The van der Waals surface area contributed by atoms with Crippen LogP contribution in [0.2, 0.25) is 0 Å². The predicted molar refractivity (Wildman–Crippen MR) is 61.9 cm³/mol. The zero-order valence-electron chi connectivity index (χ0n) is 8.82. The number of hydrogen-bond donors (Lipinski definition) is 1. The summed E-state index contributed by atoms with van der Waals surface area (Å²) in [6.45, 7) is 4.25. The number of H-pyrrole nitrogens is 1. The van der Waals surface area contributed by atoms with Gasteiger partial charge in [-0.1, -0.05) is 35.5 Å². The SMILES string of the molecule is Cc1ccc(CSc2ncn[nH]2)c(C)c1. The summed E-state index contributed by atoms with van der Waals surface area (Å²) in [5.74, 6) is 0.932. The van der Waals surface area contributed by atoms with Gasteiger partial charge in [0.2, 0.25) is 0 Å². The molecule has 0 bridgehead atoms. The number of aromatic nitrogens is 3. The van der Waals surface area contributed by atoms with Gasteiger partial charge >= 0.3 is 0 Å². The molecule has 0 amide bonds. The average Bonchev–Trinajstić information content (AvgIpc) is 2.69. The first-order valence-electron chi connectivity index (χ1n) is 4.80. The number of benzene rings is 1. The number of nitrogens with one attached hydrogen (secondary N) is 1. The van der Waals surface area contributed by atoms with Crippen molar-refractivity contribution in [3.63, 3.8) is 0 Å². The van der Waals surface area contributed by atoms with Crippen LogP contribution in [0, 0.1) is 13.8 Å². The highest BCUT2D eigenvalue weighted by Gasteiger charge is 2.01. The second kappa shape index (κ2) is 4.49. The highest BCUT2D eigenvalue weighted by atomic mass is 32.2. The molecule has 0 aliphatic heterocycles. The summed E-state index contributed by atoms with van der Waals surface area (Å²) in [7, 11) is 0. The van der Waals surface area contributed by atoms with Gasteiger partial charge in [-0.2, -0.15) is 5.10 Å². The zero-order valence-corrected chi connectivity index (χ0v) is 9.64. The molecule has 0 radical (unpaired) electrons. The minimum absolute atomic E-state index is 0.870. The largest absolute Gasteiger partial charge is 0.254 e. The first kappa shape index (κ1) is 10.2. The molecular weight excluding hydrogens is 206 g/mol. The normalized spacial score (nSPS) is 10.5. The van der Waals surface area contributed by atoms with Crippen LogP contribution in [-0.4, -0.2) is 15.2 Å². The standard InChI is InChI=1S/C11H13N3S/c1-8-3-4-10(9(2)5-8)6-15-11-12-7-13-14-11/h3-5,7H,6H2,1-2H3,(H,12,13,14). The Bertz CT molecular complexity index is 437.